The number of fused-ring (bicyclic) bond motifs is 3. The lowest BCUT2D eigenvalue weighted by atomic mass is 9.94. The van der Waals surface area contributed by atoms with Crippen molar-refractivity contribution in [2.45, 2.75) is 25.8 Å². The molecular formula is C15H22N2. The van der Waals surface area contributed by atoms with Crippen molar-refractivity contribution in [2.75, 3.05) is 19.6 Å². The first kappa shape index (κ1) is 11.2. The van der Waals surface area contributed by atoms with E-state index in [1.807, 2.05) is 0 Å². The smallest absolute Gasteiger partial charge is 0.0370 e. The molecular weight excluding hydrogens is 208 g/mol. The Labute approximate surface area is 104 Å². The molecule has 17 heavy (non-hydrogen) atoms. The second kappa shape index (κ2) is 4.43. The van der Waals surface area contributed by atoms with Gasteiger partial charge in [0.15, 0.2) is 0 Å². The Hall–Kier alpha value is -0.860. The Balaban J connectivity index is 1.87. The molecule has 0 bridgehead atoms. The van der Waals surface area contributed by atoms with E-state index >= 15 is 0 Å². The summed E-state index contributed by atoms with van der Waals surface area (Å²) in [5, 5.41) is 7.31. The first-order valence-corrected chi connectivity index (χ1v) is 6.80. The second-order valence-corrected chi connectivity index (χ2v) is 5.84. The van der Waals surface area contributed by atoms with E-state index in [1.165, 1.54) is 0 Å². The number of hydrogen-bond acceptors (Lipinski definition) is 2. The molecule has 92 valence electrons. The van der Waals surface area contributed by atoms with E-state index in [0.717, 1.165) is 37.4 Å². The van der Waals surface area contributed by atoms with E-state index in [1.54, 1.807) is 11.1 Å². The van der Waals surface area contributed by atoms with Gasteiger partial charge in [-0.3, -0.25) is 0 Å². The zero-order chi connectivity index (χ0) is 11.8. The second-order valence-electron chi connectivity index (χ2n) is 5.84. The van der Waals surface area contributed by atoms with Crippen molar-refractivity contribution in [3.05, 3.63) is 35.4 Å². The van der Waals surface area contributed by atoms with Gasteiger partial charge in [-0.15, -0.1) is 0 Å². The van der Waals surface area contributed by atoms with Crippen LogP contribution < -0.4 is 10.6 Å². The SMILES string of the molecule is CC(C)CN[C@@H]1c2ccccc2[C@@H]2CNC[C@H]12. The van der Waals surface area contributed by atoms with Crippen molar-refractivity contribution in [3.8, 4) is 0 Å². The lowest BCUT2D eigenvalue weighted by Crippen LogP contribution is -2.30. The van der Waals surface area contributed by atoms with E-state index in [4.69, 9.17) is 0 Å². The highest BCUT2D eigenvalue weighted by Gasteiger charge is 2.42. The quantitative estimate of drug-likeness (QED) is 0.832. The minimum atomic E-state index is 0.564. The van der Waals surface area contributed by atoms with Crippen LogP contribution in [0.5, 0.6) is 0 Å². The van der Waals surface area contributed by atoms with Crippen LogP contribution in [0.3, 0.4) is 0 Å². The minimum absolute atomic E-state index is 0.564. The molecule has 1 aliphatic heterocycles. The van der Waals surface area contributed by atoms with Crippen LogP contribution in [0, 0.1) is 11.8 Å². The van der Waals surface area contributed by atoms with Crippen LogP contribution in [-0.2, 0) is 0 Å². The van der Waals surface area contributed by atoms with E-state index < -0.39 is 0 Å². The molecule has 0 radical (unpaired) electrons. The van der Waals surface area contributed by atoms with Crippen molar-refractivity contribution >= 4 is 0 Å². The fourth-order valence-electron chi connectivity index (χ4n) is 3.38. The van der Waals surface area contributed by atoms with E-state index in [0.29, 0.717) is 6.04 Å². The molecule has 2 N–H and O–H groups in total. The van der Waals surface area contributed by atoms with Gasteiger partial charge in [-0.2, -0.15) is 0 Å². The lowest BCUT2D eigenvalue weighted by Gasteiger charge is -2.21. The molecule has 3 rings (SSSR count). The fourth-order valence-corrected chi connectivity index (χ4v) is 3.38. The third-order valence-electron chi connectivity index (χ3n) is 4.17. The monoisotopic (exact) mass is 230 g/mol. The van der Waals surface area contributed by atoms with Gasteiger partial charge < -0.3 is 10.6 Å². The lowest BCUT2D eigenvalue weighted by molar-refractivity contribution is 0.372. The van der Waals surface area contributed by atoms with Gasteiger partial charge in [0.05, 0.1) is 0 Å². The third-order valence-corrected chi connectivity index (χ3v) is 4.17. The van der Waals surface area contributed by atoms with Crippen molar-refractivity contribution in [2.24, 2.45) is 11.8 Å². The molecule has 2 heteroatoms. The molecule has 2 aliphatic rings. The zero-order valence-corrected chi connectivity index (χ0v) is 10.7. The van der Waals surface area contributed by atoms with Gasteiger partial charge in [-0.1, -0.05) is 38.1 Å². The zero-order valence-electron chi connectivity index (χ0n) is 10.7. The fraction of sp³-hybridized carbons (Fsp3) is 0.600. The molecule has 1 aliphatic carbocycles. The van der Waals surface area contributed by atoms with Gasteiger partial charge >= 0.3 is 0 Å². The largest absolute Gasteiger partial charge is 0.316 e. The summed E-state index contributed by atoms with van der Waals surface area (Å²) in [7, 11) is 0. The minimum Gasteiger partial charge on any atom is -0.316 e. The molecule has 0 unspecified atom stereocenters. The third kappa shape index (κ3) is 1.90. The summed E-state index contributed by atoms with van der Waals surface area (Å²) in [6, 6.07) is 9.55. The van der Waals surface area contributed by atoms with Crippen LogP contribution >= 0.6 is 0 Å². The predicted molar refractivity (Wildman–Crippen MR) is 71.1 cm³/mol. The number of benzene rings is 1. The molecule has 1 fully saturated rings. The normalized spacial score (nSPS) is 30.6. The Morgan fingerprint density at radius 1 is 1.24 bits per heavy atom. The van der Waals surface area contributed by atoms with Gasteiger partial charge in [0.1, 0.15) is 0 Å². The molecule has 3 atom stereocenters. The highest BCUT2D eigenvalue weighted by atomic mass is 15.0. The Kier molecular flexibility index (Phi) is 2.93. The average molecular weight is 230 g/mol. The van der Waals surface area contributed by atoms with Crippen LogP contribution in [0.25, 0.3) is 0 Å². The first-order chi connectivity index (χ1) is 8.27. The molecule has 0 spiro atoms. The van der Waals surface area contributed by atoms with Crippen LogP contribution in [0.4, 0.5) is 0 Å². The Morgan fingerprint density at radius 2 is 2.00 bits per heavy atom. The highest BCUT2D eigenvalue weighted by Crippen LogP contribution is 2.46. The van der Waals surface area contributed by atoms with Crippen molar-refractivity contribution in [1.82, 2.24) is 10.6 Å². The van der Waals surface area contributed by atoms with E-state index in [2.05, 4.69) is 48.7 Å². The van der Waals surface area contributed by atoms with Crippen LogP contribution in [-0.4, -0.2) is 19.6 Å². The standard InChI is InChI=1S/C15H22N2/c1-10(2)7-17-15-12-6-4-3-5-11(12)13-8-16-9-14(13)15/h3-6,10,13-17H,7-9H2,1-2H3/t13-,14-,15+/m0/s1. The molecule has 1 aromatic rings. The molecule has 2 nitrogen and oxygen atoms in total. The van der Waals surface area contributed by atoms with Gasteiger partial charge in [-0.25, -0.2) is 0 Å². The molecule has 0 saturated carbocycles. The van der Waals surface area contributed by atoms with Crippen LogP contribution in [0.2, 0.25) is 0 Å². The van der Waals surface area contributed by atoms with Gasteiger partial charge in [0, 0.05) is 25.0 Å². The maximum atomic E-state index is 3.77. The summed E-state index contributed by atoms with van der Waals surface area (Å²) in [5.74, 6) is 2.21. The Bertz CT molecular complexity index is 400. The summed E-state index contributed by atoms with van der Waals surface area (Å²) < 4.78 is 0. The molecule has 1 aromatic carbocycles. The maximum Gasteiger partial charge on any atom is 0.0370 e. The van der Waals surface area contributed by atoms with Crippen molar-refractivity contribution in [3.63, 3.8) is 0 Å². The van der Waals surface area contributed by atoms with E-state index in [9.17, 15) is 0 Å². The first-order valence-electron chi connectivity index (χ1n) is 6.80. The molecule has 0 aromatic heterocycles. The number of rotatable bonds is 3. The summed E-state index contributed by atoms with van der Waals surface area (Å²) >= 11 is 0. The van der Waals surface area contributed by atoms with E-state index in [-0.39, 0.29) is 0 Å². The van der Waals surface area contributed by atoms with Crippen LogP contribution in [0.1, 0.15) is 36.9 Å². The van der Waals surface area contributed by atoms with Crippen LogP contribution in [0.15, 0.2) is 24.3 Å². The number of nitrogens with one attached hydrogen (secondary N) is 2. The number of hydrogen-bond donors (Lipinski definition) is 2. The van der Waals surface area contributed by atoms with Gasteiger partial charge in [-0.05, 0) is 29.5 Å². The summed E-state index contributed by atoms with van der Waals surface area (Å²) in [6.07, 6.45) is 0. The summed E-state index contributed by atoms with van der Waals surface area (Å²) in [5.41, 5.74) is 3.12. The average Bonchev–Trinajstić information content (AvgIpc) is 2.87. The van der Waals surface area contributed by atoms with Gasteiger partial charge in [0.25, 0.3) is 0 Å². The van der Waals surface area contributed by atoms with Gasteiger partial charge in [0.2, 0.25) is 0 Å². The predicted octanol–water partition coefficient (Wildman–Crippen LogP) is 2.29. The van der Waals surface area contributed by atoms with Crippen molar-refractivity contribution < 1.29 is 0 Å². The highest BCUT2D eigenvalue weighted by molar-refractivity contribution is 5.41. The molecule has 1 heterocycles. The topological polar surface area (TPSA) is 24.1 Å². The molecule has 0 amide bonds. The molecule has 1 saturated heterocycles. The summed E-state index contributed by atoms with van der Waals surface area (Å²) in [4.78, 5) is 0. The van der Waals surface area contributed by atoms with Crippen molar-refractivity contribution in [1.29, 1.82) is 0 Å². The Morgan fingerprint density at radius 3 is 2.76 bits per heavy atom. The summed E-state index contributed by atoms with van der Waals surface area (Å²) in [6.45, 7) is 7.98. The maximum absolute atomic E-state index is 3.77.